The number of rotatable bonds is 6. The number of aromatic nitrogens is 2. The second-order valence-electron chi connectivity index (χ2n) is 6.67. The molecule has 1 aromatic heterocycles. The van der Waals surface area contributed by atoms with Crippen molar-refractivity contribution in [2.24, 2.45) is 5.92 Å². The van der Waals surface area contributed by atoms with Crippen molar-refractivity contribution >= 4 is 29.0 Å². The molecule has 0 bridgehead atoms. The van der Waals surface area contributed by atoms with E-state index in [1.165, 1.54) is 30.6 Å². The molecule has 0 amide bonds. The van der Waals surface area contributed by atoms with Gasteiger partial charge in [-0.2, -0.15) is 0 Å². The van der Waals surface area contributed by atoms with Gasteiger partial charge in [0.15, 0.2) is 11.6 Å². The predicted molar refractivity (Wildman–Crippen MR) is 104 cm³/mol. The molecule has 30 heavy (non-hydrogen) atoms. The number of piperidine rings is 1. The highest BCUT2D eigenvalue weighted by Gasteiger charge is 2.31. The van der Waals surface area contributed by atoms with E-state index in [1.807, 2.05) is 4.90 Å². The van der Waals surface area contributed by atoms with Crippen LogP contribution in [0.3, 0.4) is 0 Å². The topological polar surface area (TPSA) is 103 Å². The second kappa shape index (κ2) is 9.06. The summed E-state index contributed by atoms with van der Waals surface area (Å²) in [5, 5.41) is 2.97. The van der Waals surface area contributed by atoms with Gasteiger partial charge in [-0.05, 0) is 44.0 Å². The minimum absolute atomic E-state index is 0.140. The second-order valence-corrected chi connectivity index (χ2v) is 6.67. The molecule has 1 saturated heterocycles. The highest BCUT2D eigenvalue weighted by Crippen LogP contribution is 2.32. The Labute approximate surface area is 171 Å². The third-order valence-electron chi connectivity index (χ3n) is 4.63. The number of nitrogen functional groups attached to an aromatic ring is 1. The van der Waals surface area contributed by atoms with Crippen LogP contribution in [0, 0.1) is 5.92 Å². The number of nitrogens with zero attached hydrogens (tertiary/aromatic N) is 3. The van der Waals surface area contributed by atoms with Crippen molar-refractivity contribution in [3.63, 3.8) is 0 Å². The third-order valence-corrected chi connectivity index (χ3v) is 4.63. The first kappa shape index (κ1) is 21.5. The molecule has 8 nitrogen and oxygen atoms in total. The van der Waals surface area contributed by atoms with Gasteiger partial charge in [0.25, 0.3) is 0 Å². The van der Waals surface area contributed by atoms with E-state index in [0.29, 0.717) is 55.5 Å². The van der Waals surface area contributed by atoms with Crippen molar-refractivity contribution in [1.29, 1.82) is 0 Å². The molecule has 1 aliphatic rings. The number of hydrogen-bond acceptors (Lipinski definition) is 8. The highest BCUT2D eigenvalue weighted by molar-refractivity contribution is 5.79. The Balaban J connectivity index is 1.66. The van der Waals surface area contributed by atoms with Crippen molar-refractivity contribution in [3.05, 3.63) is 30.6 Å². The quantitative estimate of drug-likeness (QED) is 0.679. The molecule has 1 fully saturated rings. The molecule has 162 valence electrons. The summed E-state index contributed by atoms with van der Waals surface area (Å²) in [4.78, 5) is 22.2. The van der Waals surface area contributed by atoms with Crippen LogP contribution in [-0.4, -0.2) is 42.0 Å². The van der Waals surface area contributed by atoms with Crippen LogP contribution in [0.15, 0.2) is 30.6 Å². The van der Waals surface area contributed by atoms with Crippen molar-refractivity contribution in [2.75, 3.05) is 35.6 Å². The average molecular weight is 425 g/mol. The minimum atomic E-state index is -4.75. The zero-order valence-electron chi connectivity index (χ0n) is 16.3. The van der Waals surface area contributed by atoms with Crippen LogP contribution < -0.4 is 20.7 Å². The first-order valence-corrected chi connectivity index (χ1v) is 9.41. The average Bonchev–Trinajstić information content (AvgIpc) is 2.70. The largest absolute Gasteiger partial charge is 0.573 e. The van der Waals surface area contributed by atoms with E-state index in [1.54, 1.807) is 6.92 Å². The van der Waals surface area contributed by atoms with Gasteiger partial charge in [-0.3, -0.25) is 4.79 Å². The number of nitrogens with one attached hydrogen (secondary N) is 1. The van der Waals surface area contributed by atoms with E-state index in [2.05, 4.69) is 20.0 Å². The summed E-state index contributed by atoms with van der Waals surface area (Å²) < 4.78 is 45.7. The molecule has 2 heterocycles. The first-order chi connectivity index (χ1) is 14.3. The molecular formula is C19H22F3N5O3. The van der Waals surface area contributed by atoms with Gasteiger partial charge in [-0.25, -0.2) is 9.97 Å². The highest BCUT2D eigenvalue weighted by atomic mass is 19.4. The Morgan fingerprint density at radius 3 is 2.50 bits per heavy atom. The molecule has 0 radical (unpaired) electrons. The number of nitrogens with two attached hydrogens (primary N) is 1. The molecule has 0 unspecified atom stereocenters. The van der Waals surface area contributed by atoms with Crippen LogP contribution >= 0.6 is 0 Å². The SMILES string of the molecule is CCOC(=O)C1CCN(c2ncnc(Nc3ccc(OC(F)(F)F)cc3)c2N)CC1. The van der Waals surface area contributed by atoms with E-state index < -0.39 is 6.36 Å². The summed E-state index contributed by atoms with van der Waals surface area (Å²) in [7, 11) is 0. The maximum Gasteiger partial charge on any atom is 0.573 e. The summed E-state index contributed by atoms with van der Waals surface area (Å²) >= 11 is 0. The molecule has 2 aromatic rings. The predicted octanol–water partition coefficient (Wildman–Crippen LogP) is 3.48. The van der Waals surface area contributed by atoms with Gasteiger partial charge in [-0.15, -0.1) is 13.2 Å². The van der Waals surface area contributed by atoms with E-state index in [0.717, 1.165) is 0 Å². The van der Waals surface area contributed by atoms with Gasteiger partial charge in [-0.1, -0.05) is 0 Å². The Bertz CT molecular complexity index is 869. The van der Waals surface area contributed by atoms with Crippen molar-refractivity contribution in [2.45, 2.75) is 26.1 Å². The summed E-state index contributed by atoms with van der Waals surface area (Å²) in [6.07, 6.45) is -2.13. The summed E-state index contributed by atoms with van der Waals surface area (Å²) in [6, 6.07) is 5.23. The molecule has 1 aromatic carbocycles. The van der Waals surface area contributed by atoms with E-state index >= 15 is 0 Å². The third kappa shape index (κ3) is 5.43. The number of ether oxygens (including phenoxy) is 2. The fourth-order valence-electron chi connectivity index (χ4n) is 3.20. The van der Waals surface area contributed by atoms with Crippen molar-refractivity contribution in [1.82, 2.24) is 9.97 Å². The van der Waals surface area contributed by atoms with Crippen LogP contribution in [-0.2, 0) is 9.53 Å². The van der Waals surface area contributed by atoms with Gasteiger partial charge in [0, 0.05) is 18.8 Å². The number of anilines is 4. The fraction of sp³-hybridized carbons (Fsp3) is 0.421. The number of carbonyl (C=O) groups excluding carboxylic acids is 1. The van der Waals surface area contributed by atoms with Crippen LogP contribution in [0.2, 0.25) is 0 Å². The Morgan fingerprint density at radius 2 is 1.90 bits per heavy atom. The molecule has 3 N–H and O–H groups in total. The lowest BCUT2D eigenvalue weighted by Crippen LogP contribution is -2.37. The van der Waals surface area contributed by atoms with Crippen LogP contribution in [0.4, 0.5) is 36.2 Å². The lowest BCUT2D eigenvalue weighted by Gasteiger charge is -2.32. The number of esters is 1. The summed E-state index contributed by atoms with van der Waals surface area (Å²) in [6.45, 7) is 3.32. The Morgan fingerprint density at radius 1 is 1.23 bits per heavy atom. The van der Waals surface area contributed by atoms with Crippen LogP contribution in [0.5, 0.6) is 5.75 Å². The monoisotopic (exact) mass is 425 g/mol. The van der Waals surface area contributed by atoms with Gasteiger partial charge < -0.3 is 25.4 Å². The molecule has 0 atom stereocenters. The van der Waals surface area contributed by atoms with Gasteiger partial charge in [0.2, 0.25) is 0 Å². The fourth-order valence-corrected chi connectivity index (χ4v) is 3.20. The standard InChI is InChI=1S/C19H22F3N5O3/c1-2-29-18(28)12-7-9-27(10-8-12)17-15(23)16(24-11-25-17)26-13-3-5-14(6-4-13)30-19(20,21)22/h3-6,11-12H,2,7-10,23H2,1H3,(H,24,25,26). The smallest absolute Gasteiger partial charge is 0.466 e. The van der Waals surface area contributed by atoms with Crippen LogP contribution in [0.25, 0.3) is 0 Å². The molecule has 11 heteroatoms. The Hall–Kier alpha value is -3.24. The molecule has 0 aliphatic carbocycles. The summed E-state index contributed by atoms with van der Waals surface area (Å²) in [5.41, 5.74) is 7.02. The van der Waals surface area contributed by atoms with Crippen molar-refractivity contribution in [3.8, 4) is 5.75 Å². The zero-order chi connectivity index (χ0) is 21.7. The lowest BCUT2D eigenvalue weighted by molar-refractivity contribution is -0.274. The number of hydrogen-bond donors (Lipinski definition) is 2. The zero-order valence-corrected chi connectivity index (χ0v) is 16.3. The molecule has 0 spiro atoms. The molecule has 0 saturated carbocycles. The molecular weight excluding hydrogens is 403 g/mol. The van der Waals surface area contributed by atoms with Gasteiger partial charge in [0.05, 0.1) is 12.5 Å². The van der Waals surface area contributed by atoms with E-state index in [9.17, 15) is 18.0 Å². The number of carbonyl (C=O) groups is 1. The number of halogens is 3. The van der Waals surface area contributed by atoms with Crippen molar-refractivity contribution < 1.29 is 27.4 Å². The van der Waals surface area contributed by atoms with Crippen LogP contribution in [0.1, 0.15) is 19.8 Å². The normalized spacial score (nSPS) is 15.0. The lowest BCUT2D eigenvalue weighted by atomic mass is 9.97. The number of alkyl halides is 3. The molecule has 3 rings (SSSR count). The number of benzene rings is 1. The Kier molecular flexibility index (Phi) is 6.48. The van der Waals surface area contributed by atoms with Gasteiger partial charge in [0.1, 0.15) is 17.8 Å². The van der Waals surface area contributed by atoms with E-state index in [4.69, 9.17) is 10.5 Å². The minimum Gasteiger partial charge on any atom is -0.466 e. The molecule has 1 aliphatic heterocycles. The first-order valence-electron chi connectivity index (χ1n) is 9.41. The summed E-state index contributed by atoms with van der Waals surface area (Å²) in [5.74, 6) is 0.213. The van der Waals surface area contributed by atoms with E-state index in [-0.39, 0.29) is 17.6 Å². The maximum absolute atomic E-state index is 12.3. The maximum atomic E-state index is 12.3. The van der Waals surface area contributed by atoms with Gasteiger partial charge >= 0.3 is 12.3 Å².